The molecule has 0 amide bonds. The van der Waals surface area contributed by atoms with Crippen LogP contribution in [0.3, 0.4) is 0 Å². The van der Waals surface area contributed by atoms with Gasteiger partial charge in [-0.05, 0) is 13.8 Å². The molecule has 0 aliphatic heterocycles. The maximum atomic E-state index is 13.2. The summed E-state index contributed by atoms with van der Waals surface area (Å²) in [6.45, 7) is 2.13. The van der Waals surface area contributed by atoms with E-state index < -0.39 is 46.9 Å². The van der Waals surface area contributed by atoms with Gasteiger partial charge in [-0.15, -0.1) is 0 Å². The van der Waals surface area contributed by atoms with E-state index in [0.29, 0.717) is 0 Å². The van der Waals surface area contributed by atoms with Crippen molar-refractivity contribution in [3.05, 3.63) is 29.1 Å². The Hall–Kier alpha value is -1.37. The molecule has 7 heteroatoms. The Labute approximate surface area is 94.1 Å². The molecule has 0 radical (unpaired) electrons. The summed E-state index contributed by atoms with van der Waals surface area (Å²) < 4.78 is 64.8. The molecule has 0 aliphatic carbocycles. The first kappa shape index (κ1) is 13.7. The number of anilines is 1. The van der Waals surface area contributed by atoms with E-state index in [1.165, 1.54) is 13.8 Å². The minimum atomic E-state index is -2.22. The minimum Gasteiger partial charge on any atom is -0.394 e. The molecule has 0 aromatic heterocycles. The lowest BCUT2D eigenvalue weighted by Crippen LogP contribution is -2.36. The standard InChI is InChI=1S/C10H10F5NO/c1-10(2,3-17)16-9-7(14)5(12)4(11)6(13)8(9)15/h16-17H,3H2,1-2H3. The van der Waals surface area contributed by atoms with Crippen LogP contribution in [0.1, 0.15) is 13.8 Å². The summed E-state index contributed by atoms with van der Waals surface area (Å²) in [7, 11) is 0. The lowest BCUT2D eigenvalue weighted by molar-refractivity contribution is 0.233. The first-order chi connectivity index (χ1) is 7.71. The van der Waals surface area contributed by atoms with Crippen LogP contribution in [-0.4, -0.2) is 17.3 Å². The monoisotopic (exact) mass is 255 g/mol. The molecule has 1 aromatic carbocycles. The number of benzene rings is 1. The summed E-state index contributed by atoms with van der Waals surface area (Å²) in [4.78, 5) is 0. The summed E-state index contributed by atoms with van der Waals surface area (Å²) in [5.74, 6) is -10.2. The van der Waals surface area contributed by atoms with Crippen LogP contribution in [-0.2, 0) is 0 Å². The third kappa shape index (κ3) is 2.49. The quantitative estimate of drug-likeness (QED) is 0.494. The average molecular weight is 255 g/mol. The van der Waals surface area contributed by atoms with Gasteiger partial charge in [0.2, 0.25) is 5.82 Å². The normalized spacial score (nSPS) is 11.8. The molecule has 0 spiro atoms. The Kier molecular flexibility index (Phi) is 3.61. The van der Waals surface area contributed by atoms with E-state index >= 15 is 0 Å². The van der Waals surface area contributed by atoms with Gasteiger partial charge < -0.3 is 10.4 Å². The lowest BCUT2D eigenvalue weighted by atomic mass is 10.1. The van der Waals surface area contributed by atoms with Gasteiger partial charge in [0.1, 0.15) is 5.69 Å². The number of hydrogen-bond donors (Lipinski definition) is 2. The Bertz CT molecular complexity index is 418. The third-order valence-corrected chi connectivity index (χ3v) is 2.07. The summed E-state index contributed by atoms with van der Waals surface area (Å²) in [6, 6.07) is 0. The Morgan fingerprint density at radius 1 is 0.882 bits per heavy atom. The van der Waals surface area contributed by atoms with Crippen LogP contribution >= 0.6 is 0 Å². The van der Waals surface area contributed by atoms with E-state index in [9.17, 15) is 22.0 Å². The van der Waals surface area contributed by atoms with Gasteiger partial charge in [0.15, 0.2) is 23.3 Å². The van der Waals surface area contributed by atoms with Gasteiger partial charge in [-0.25, -0.2) is 22.0 Å². The fourth-order valence-corrected chi connectivity index (χ4v) is 1.09. The lowest BCUT2D eigenvalue weighted by Gasteiger charge is -2.25. The number of aliphatic hydroxyl groups excluding tert-OH is 1. The van der Waals surface area contributed by atoms with E-state index in [0.717, 1.165) is 0 Å². The van der Waals surface area contributed by atoms with Crippen molar-refractivity contribution < 1.29 is 27.1 Å². The highest BCUT2D eigenvalue weighted by Crippen LogP contribution is 2.29. The van der Waals surface area contributed by atoms with Crippen molar-refractivity contribution in [2.24, 2.45) is 0 Å². The van der Waals surface area contributed by atoms with E-state index in [1.807, 2.05) is 0 Å². The van der Waals surface area contributed by atoms with Crippen LogP contribution in [0.4, 0.5) is 27.6 Å². The third-order valence-electron chi connectivity index (χ3n) is 2.07. The maximum Gasteiger partial charge on any atom is 0.200 e. The second-order valence-corrected chi connectivity index (χ2v) is 4.11. The highest BCUT2D eigenvalue weighted by atomic mass is 19.2. The van der Waals surface area contributed by atoms with E-state index in [-0.39, 0.29) is 0 Å². The number of hydrogen-bond acceptors (Lipinski definition) is 2. The molecule has 1 aromatic rings. The van der Waals surface area contributed by atoms with Crippen molar-refractivity contribution in [2.75, 3.05) is 11.9 Å². The van der Waals surface area contributed by atoms with Gasteiger partial charge in [0, 0.05) is 0 Å². The van der Waals surface area contributed by atoms with E-state index in [1.54, 1.807) is 0 Å². The van der Waals surface area contributed by atoms with Crippen molar-refractivity contribution in [3.8, 4) is 0 Å². The van der Waals surface area contributed by atoms with Gasteiger partial charge in [0.05, 0.1) is 12.1 Å². The van der Waals surface area contributed by atoms with Gasteiger partial charge in [-0.1, -0.05) is 0 Å². The molecule has 0 saturated heterocycles. The van der Waals surface area contributed by atoms with Crippen LogP contribution < -0.4 is 5.32 Å². The minimum absolute atomic E-state index is 0.549. The van der Waals surface area contributed by atoms with Crippen molar-refractivity contribution in [2.45, 2.75) is 19.4 Å². The number of halogens is 5. The van der Waals surface area contributed by atoms with Crippen molar-refractivity contribution in [1.29, 1.82) is 0 Å². The average Bonchev–Trinajstić information content (AvgIpc) is 2.30. The number of aliphatic hydroxyl groups is 1. The fourth-order valence-electron chi connectivity index (χ4n) is 1.09. The van der Waals surface area contributed by atoms with Crippen LogP contribution in [0.25, 0.3) is 0 Å². The van der Waals surface area contributed by atoms with Gasteiger partial charge in [-0.3, -0.25) is 0 Å². The Morgan fingerprint density at radius 2 is 1.24 bits per heavy atom. The SMILES string of the molecule is CC(C)(CO)Nc1c(F)c(F)c(F)c(F)c1F. The fraction of sp³-hybridized carbons (Fsp3) is 0.400. The number of nitrogens with one attached hydrogen (secondary N) is 1. The topological polar surface area (TPSA) is 32.3 Å². The first-order valence-electron chi connectivity index (χ1n) is 4.61. The summed E-state index contributed by atoms with van der Waals surface area (Å²) >= 11 is 0. The van der Waals surface area contributed by atoms with Crippen molar-refractivity contribution in [3.63, 3.8) is 0 Å². The molecule has 0 saturated carbocycles. The van der Waals surface area contributed by atoms with Crippen LogP contribution in [0.15, 0.2) is 0 Å². The van der Waals surface area contributed by atoms with Gasteiger partial charge >= 0.3 is 0 Å². The van der Waals surface area contributed by atoms with Crippen LogP contribution in [0, 0.1) is 29.1 Å². The molecule has 0 atom stereocenters. The van der Waals surface area contributed by atoms with Crippen LogP contribution in [0.2, 0.25) is 0 Å². The summed E-state index contributed by atoms with van der Waals surface area (Å²) in [5, 5.41) is 10.9. The molecule has 0 aliphatic rings. The van der Waals surface area contributed by atoms with Crippen molar-refractivity contribution in [1.82, 2.24) is 0 Å². The predicted octanol–water partition coefficient (Wildman–Crippen LogP) is 2.56. The molecule has 96 valence electrons. The zero-order chi connectivity index (χ0) is 13.4. The number of rotatable bonds is 3. The molecule has 0 heterocycles. The zero-order valence-electron chi connectivity index (χ0n) is 9.04. The predicted molar refractivity (Wildman–Crippen MR) is 51.0 cm³/mol. The van der Waals surface area contributed by atoms with Gasteiger partial charge in [0.25, 0.3) is 0 Å². The van der Waals surface area contributed by atoms with Crippen LogP contribution in [0.5, 0.6) is 0 Å². The highest BCUT2D eigenvalue weighted by molar-refractivity contribution is 5.49. The Morgan fingerprint density at radius 3 is 1.59 bits per heavy atom. The molecular formula is C10H10F5NO. The molecule has 2 nitrogen and oxygen atoms in total. The molecule has 0 fully saturated rings. The highest BCUT2D eigenvalue weighted by Gasteiger charge is 2.28. The first-order valence-corrected chi connectivity index (χ1v) is 4.61. The van der Waals surface area contributed by atoms with E-state index in [4.69, 9.17) is 5.11 Å². The van der Waals surface area contributed by atoms with E-state index in [2.05, 4.69) is 5.32 Å². The second-order valence-electron chi connectivity index (χ2n) is 4.11. The Balaban J connectivity index is 3.35. The largest absolute Gasteiger partial charge is 0.394 e. The smallest absolute Gasteiger partial charge is 0.200 e. The maximum absolute atomic E-state index is 13.2. The summed E-state index contributed by atoms with van der Waals surface area (Å²) in [5.41, 5.74) is -2.38. The molecule has 0 bridgehead atoms. The molecule has 0 unspecified atom stereocenters. The molecule has 1 rings (SSSR count). The molecular weight excluding hydrogens is 245 g/mol. The summed E-state index contributed by atoms with van der Waals surface area (Å²) in [6.07, 6.45) is 0. The van der Waals surface area contributed by atoms with Gasteiger partial charge in [-0.2, -0.15) is 0 Å². The molecule has 2 N–H and O–H groups in total. The van der Waals surface area contributed by atoms with Crippen molar-refractivity contribution >= 4 is 5.69 Å². The molecule has 17 heavy (non-hydrogen) atoms. The second kappa shape index (κ2) is 4.48. The zero-order valence-corrected chi connectivity index (χ0v) is 9.04.